The van der Waals surface area contributed by atoms with Gasteiger partial charge in [-0.05, 0) is 49.9 Å². The van der Waals surface area contributed by atoms with Crippen LogP contribution >= 0.6 is 11.3 Å². The predicted molar refractivity (Wildman–Crippen MR) is 124 cm³/mol. The lowest BCUT2D eigenvalue weighted by molar-refractivity contribution is -0.123. The van der Waals surface area contributed by atoms with E-state index in [1.807, 2.05) is 31.2 Å². The van der Waals surface area contributed by atoms with Crippen LogP contribution in [0.25, 0.3) is 10.2 Å². The molecule has 3 aromatic rings. The van der Waals surface area contributed by atoms with E-state index in [1.54, 1.807) is 11.1 Å². The number of rotatable bonds is 5. The molecule has 1 aliphatic rings. The molecule has 7 nitrogen and oxygen atoms in total. The van der Waals surface area contributed by atoms with Crippen LogP contribution in [0.1, 0.15) is 29.7 Å². The molecule has 0 bridgehead atoms. The van der Waals surface area contributed by atoms with Gasteiger partial charge >= 0.3 is 0 Å². The number of piperidine rings is 1. The topological polar surface area (TPSA) is 83.5 Å². The number of hydrogen-bond acceptors (Lipinski definition) is 6. The number of benzene rings is 1. The fourth-order valence-electron chi connectivity index (χ4n) is 3.91. The maximum absolute atomic E-state index is 13.6. The molecule has 3 heterocycles. The predicted octanol–water partition coefficient (Wildman–Crippen LogP) is 3.51. The van der Waals surface area contributed by atoms with Crippen LogP contribution in [-0.2, 0) is 21.4 Å². The van der Waals surface area contributed by atoms with Gasteiger partial charge in [0, 0.05) is 25.2 Å². The van der Waals surface area contributed by atoms with E-state index in [4.69, 9.17) is 4.98 Å². The molecule has 9 heteroatoms. The molecule has 1 aliphatic heterocycles. The largest absolute Gasteiger partial charge is 0.282 e. The molecular weight excluding hydrogens is 432 g/mol. The highest BCUT2D eigenvalue weighted by molar-refractivity contribution is 7.88. The Kier molecular flexibility index (Phi) is 6.09. The van der Waals surface area contributed by atoms with Crippen molar-refractivity contribution in [3.8, 4) is 0 Å². The van der Waals surface area contributed by atoms with E-state index in [9.17, 15) is 13.2 Å². The first-order valence-corrected chi connectivity index (χ1v) is 12.9. The van der Waals surface area contributed by atoms with E-state index < -0.39 is 10.0 Å². The molecule has 164 valence electrons. The van der Waals surface area contributed by atoms with Crippen molar-refractivity contribution >= 4 is 42.6 Å². The molecule has 1 amide bonds. The second-order valence-electron chi connectivity index (χ2n) is 8.06. The number of pyridine rings is 1. The number of carbonyl (C=O) groups excluding carboxylic acids is 1. The number of aromatic nitrogens is 2. The van der Waals surface area contributed by atoms with Gasteiger partial charge in [-0.15, -0.1) is 0 Å². The first-order chi connectivity index (χ1) is 14.7. The van der Waals surface area contributed by atoms with Crippen LogP contribution in [0, 0.1) is 19.8 Å². The number of anilines is 1. The van der Waals surface area contributed by atoms with E-state index in [0.29, 0.717) is 37.6 Å². The van der Waals surface area contributed by atoms with Crippen molar-refractivity contribution in [1.29, 1.82) is 0 Å². The maximum Gasteiger partial charge on any atom is 0.232 e. The average Bonchev–Trinajstić information content (AvgIpc) is 3.21. The van der Waals surface area contributed by atoms with Crippen molar-refractivity contribution in [2.24, 2.45) is 5.92 Å². The minimum atomic E-state index is -3.23. The van der Waals surface area contributed by atoms with Crippen molar-refractivity contribution in [2.75, 3.05) is 24.2 Å². The fraction of sp³-hybridized carbons (Fsp3) is 0.409. The molecule has 0 unspecified atom stereocenters. The molecule has 0 aliphatic carbocycles. The number of hydrogen-bond donors (Lipinski definition) is 0. The summed E-state index contributed by atoms with van der Waals surface area (Å²) in [6.45, 7) is 5.14. The Bertz CT molecular complexity index is 1160. The molecule has 0 N–H and O–H groups in total. The van der Waals surface area contributed by atoms with Gasteiger partial charge in [-0.3, -0.25) is 14.7 Å². The van der Waals surface area contributed by atoms with Gasteiger partial charge in [0.15, 0.2) is 5.13 Å². The van der Waals surface area contributed by atoms with Crippen molar-refractivity contribution < 1.29 is 13.2 Å². The molecule has 1 fully saturated rings. The third-order valence-electron chi connectivity index (χ3n) is 5.75. The van der Waals surface area contributed by atoms with Crippen LogP contribution in [0.15, 0.2) is 36.5 Å². The van der Waals surface area contributed by atoms with Gasteiger partial charge in [-0.1, -0.05) is 29.5 Å². The van der Waals surface area contributed by atoms with E-state index in [0.717, 1.165) is 27.0 Å². The van der Waals surface area contributed by atoms with Crippen LogP contribution < -0.4 is 4.90 Å². The summed E-state index contributed by atoms with van der Waals surface area (Å²) in [5.41, 5.74) is 3.92. The van der Waals surface area contributed by atoms with Gasteiger partial charge in [-0.25, -0.2) is 17.7 Å². The molecule has 2 aromatic heterocycles. The third-order valence-corrected chi connectivity index (χ3v) is 8.26. The number of nitrogens with zero attached hydrogens (tertiary/aromatic N) is 4. The van der Waals surface area contributed by atoms with Crippen molar-refractivity contribution in [2.45, 2.75) is 33.2 Å². The summed E-state index contributed by atoms with van der Waals surface area (Å²) < 4.78 is 26.2. The number of thiazole rings is 1. The van der Waals surface area contributed by atoms with Gasteiger partial charge in [0.2, 0.25) is 15.9 Å². The van der Waals surface area contributed by atoms with E-state index in [1.165, 1.54) is 21.9 Å². The summed E-state index contributed by atoms with van der Waals surface area (Å²) in [4.78, 5) is 24.6. The summed E-state index contributed by atoms with van der Waals surface area (Å²) in [6.07, 6.45) is 3.95. The summed E-state index contributed by atoms with van der Waals surface area (Å²) in [5, 5.41) is 0.661. The zero-order valence-corrected chi connectivity index (χ0v) is 19.5. The summed E-state index contributed by atoms with van der Waals surface area (Å²) in [6, 6.07) is 9.78. The lowest BCUT2D eigenvalue weighted by atomic mass is 9.96. The Morgan fingerprint density at radius 3 is 2.48 bits per heavy atom. The molecule has 0 spiro atoms. The Morgan fingerprint density at radius 2 is 1.87 bits per heavy atom. The van der Waals surface area contributed by atoms with Crippen LogP contribution in [0.5, 0.6) is 0 Å². The second-order valence-corrected chi connectivity index (χ2v) is 11.0. The smallest absolute Gasteiger partial charge is 0.232 e. The van der Waals surface area contributed by atoms with Crippen LogP contribution in [0.4, 0.5) is 5.13 Å². The lowest BCUT2D eigenvalue weighted by Gasteiger charge is -2.32. The summed E-state index contributed by atoms with van der Waals surface area (Å²) in [5.74, 6) is -0.260. The molecular formula is C22H26N4O3S2. The first-order valence-electron chi connectivity index (χ1n) is 10.3. The minimum absolute atomic E-state index is 0.0202. The second kappa shape index (κ2) is 8.64. The number of aryl methyl sites for hydroxylation is 2. The Balaban J connectivity index is 1.66. The zero-order chi connectivity index (χ0) is 22.2. The Hall–Kier alpha value is -2.36. The van der Waals surface area contributed by atoms with Gasteiger partial charge < -0.3 is 0 Å². The average molecular weight is 459 g/mol. The third kappa shape index (κ3) is 4.63. The van der Waals surface area contributed by atoms with Crippen molar-refractivity contribution in [3.05, 3.63) is 53.3 Å². The van der Waals surface area contributed by atoms with Crippen molar-refractivity contribution in [3.63, 3.8) is 0 Å². The minimum Gasteiger partial charge on any atom is -0.282 e. The maximum atomic E-state index is 13.6. The van der Waals surface area contributed by atoms with Crippen LogP contribution in [0.3, 0.4) is 0 Å². The summed E-state index contributed by atoms with van der Waals surface area (Å²) in [7, 11) is -3.23. The number of carbonyl (C=O) groups is 1. The zero-order valence-electron chi connectivity index (χ0n) is 17.9. The van der Waals surface area contributed by atoms with Crippen LogP contribution in [0.2, 0.25) is 0 Å². The number of amides is 1. The molecule has 0 saturated carbocycles. The molecule has 1 saturated heterocycles. The standard InChI is InChI=1S/C22H26N4O3S2/c1-15-7-8-16(2)20-19(15)24-22(30-20)26(14-18-6-4-5-11-23-18)21(27)17-9-12-25(13-10-17)31(3,28)29/h4-8,11,17H,9-10,12-14H2,1-3H3. The number of fused-ring (bicyclic) bond motifs is 1. The Labute approximate surface area is 186 Å². The SMILES string of the molecule is Cc1ccc(C)c2sc(N(Cc3ccccn3)C(=O)C3CCN(S(C)(=O)=O)CC3)nc12. The Morgan fingerprint density at radius 1 is 1.16 bits per heavy atom. The highest BCUT2D eigenvalue weighted by atomic mass is 32.2. The highest BCUT2D eigenvalue weighted by Gasteiger charge is 2.33. The summed E-state index contributed by atoms with van der Waals surface area (Å²) >= 11 is 1.52. The normalized spacial score (nSPS) is 16.0. The molecule has 4 rings (SSSR count). The molecule has 0 atom stereocenters. The van der Waals surface area contributed by atoms with Crippen molar-refractivity contribution in [1.82, 2.24) is 14.3 Å². The van der Waals surface area contributed by atoms with Gasteiger partial charge in [0.1, 0.15) is 0 Å². The highest BCUT2D eigenvalue weighted by Crippen LogP contribution is 2.35. The lowest BCUT2D eigenvalue weighted by Crippen LogP contribution is -2.44. The van der Waals surface area contributed by atoms with E-state index in [2.05, 4.69) is 18.0 Å². The van der Waals surface area contributed by atoms with E-state index in [-0.39, 0.29) is 11.8 Å². The molecule has 1 aromatic carbocycles. The molecule has 31 heavy (non-hydrogen) atoms. The quantitative estimate of drug-likeness (QED) is 0.584. The van der Waals surface area contributed by atoms with E-state index >= 15 is 0 Å². The van der Waals surface area contributed by atoms with Gasteiger partial charge in [-0.2, -0.15) is 0 Å². The first kappa shape index (κ1) is 21.9. The van der Waals surface area contributed by atoms with Gasteiger partial charge in [0.25, 0.3) is 0 Å². The van der Waals surface area contributed by atoms with Gasteiger partial charge in [0.05, 0.1) is 28.7 Å². The fourth-order valence-corrected chi connectivity index (χ4v) is 5.90. The number of sulfonamides is 1. The van der Waals surface area contributed by atoms with Crippen LogP contribution in [-0.4, -0.2) is 47.9 Å². The monoisotopic (exact) mass is 458 g/mol. The molecule has 0 radical (unpaired) electrons.